The Hall–Kier alpha value is 0.651. The summed E-state index contributed by atoms with van der Waals surface area (Å²) < 4.78 is 0. The predicted octanol–water partition coefficient (Wildman–Crippen LogP) is 7.50. The summed E-state index contributed by atoms with van der Waals surface area (Å²) in [5.41, 5.74) is 1.59. The van der Waals surface area contributed by atoms with E-state index >= 15 is 0 Å². The fourth-order valence-electron chi connectivity index (χ4n) is 3.40. The smallest absolute Gasteiger partial charge is 0.0499 e. The van der Waals surface area contributed by atoms with Crippen molar-refractivity contribution in [1.82, 2.24) is 0 Å². The highest BCUT2D eigenvalue weighted by atomic mass is 29.3. The highest BCUT2D eigenvalue weighted by Crippen LogP contribution is 2.56. The molecule has 0 aromatic carbocycles. The van der Waals surface area contributed by atoms with Crippen molar-refractivity contribution in [2.45, 2.75) is 116 Å². The highest BCUT2D eigenvalue weighted by molar-refractivity contribution is 7.45. The number of rotatable bonds is 3. The molecule has 21 heavy (non-hydrogen) atoms. The molecular weight excluding hydrogens is 300 g/mol. The maximum Gasteiger partial charge on any atom is 0.0499 e. The molecule has 0 aromatic heterocycles. The van der Waals surface area contributed by atoms with E-state index < -0.39 is 23.3 Å². The Labute approximate surface area is 139 Å². The molecule has 0 aromatic rings. The molecule has 1 unspecified atom stereocenters. The van der Waals surface area contributed by atoms with Gasteiger partial charge in [-0.05, 0) is 15.1 Å². The molecule has 0 nitrogen and oxygen atoms in total. The maximum atomic E-state index is 2.77. The van der Waals surface area contributed by atoms with Crippen LogP contribution in [0, 0.1) is 0 Å². The van der Waals surface area contributed by atoms with Crippen LogP contribution in [0.5, 0.6) is 0 Å². The summed E-state index contributed by atoms with van der Waals surface area (Å²) in [5, 5.41) is 1.52. The Morgan fingerprint density at radius 1 is 0.524 bits per heavy atom. The summed E-state index contributed by atoms with van der Waals surface area (Å²) >= 11 is 0. The highest BCUT2D eigenvalue weighted by Gasteiger charge is 2.59. The SMILES string of the molecule is CC(C)(C)[Si](C)(C)C[Si](C)(C(C)(C)C)[Si](C)(C)C(C)(C)C. The van der Waals surface area contributed by atoms with Gasteiger partial charge in [-0.25, -0.2) is 0 Å². The van der Waals surface area contributed by atoms with Gasteiger partial charge >= 0.3 is 0 Å². The molecule has 0 aliphatic rings. The lowest BCUT2D eigenvalue weighted by Gasteiger charge is -2.59. The van der Waals surface area contributed by atoms with Crippen LogP contribution in [0.2, 0.25) is 53.5 Å². The molecule has 0 N–H and O–H groups in total. The molecule has 0 radical (unpaired) electrons. The maximum absolute atomic E-state index is 2.77. The van der Waals surface area contributed by atoms with Gasteiger partial charge in [0, 0.05) is 23.3 Å². The average Bonchev–Trinajstić information content (AvgIpc) is 2.10. The minimum absolute atomic E-state index is 0.504. The fourth-order valence-corrected chi connectivity index (χ4v) is 38.6. The van der Waals surface area contributed by atoms with Gasteiger partial charge in [0.1, 0.15) is 0 Å². The second-order valence-electron chi connectivity index (χ2n) is 11.8. The average molecular weight is 345 g/mol. The van der Waals surface area contributed by atoms with Crippen molar-refractivity contribution in [2.24, 2.45) is 0 Å². The third kappa shape index (κ3) is 3.95. The molecule has 0 fully saturated rings. The molecule has 0 heterocycles. The first-order valence-electron chi connectivity index (χ1n) is 8.71. The van der Waals surface area contributed by atoms with E-state index in [1.54, 1.807) is 5.67 Å². The van der Waals surface area contributed by atoms with Gasteiger partial charge in [0.05, 0.1) is 0 Å². The molecule has 0 bridgehead atoms. The third-order valence-corrected chi connectivity index (χ3v) is 42.3. The summed E-state index contributed by atoms with van der Waals surface area (Å²) in [6, 6.07) is 0. The van der Waals surface area contributed by atoms with Gasteiger partial charge < -0.3 is 0 Å². The lowest BCUT2D eigenvalue weighted by atomic mass is 10.2. The molecule has 0 saturated carbocycles. The van der Waals surface area contributed by atoms with Gasteiger partial charge in [0.2, 0.25) is 0 Å². The molecule has 128 valence electrons. The minimum Gasteiger partial charge on any atom is -0.0709 e. The van der Waals surface area contributed by atoms with Crippen molar-refractivity contribution in [1.29, 1.82) is 0 Å². The van der Waals surface area contributed by atoms with Gasteiger partial charge in [-0.1, -0.05) is 101 Å². The third-order valence-electron chi connectivity index (χ3n) is 7.74. The molecule has 0 saturated heterocycles. The summed E-state index contributed by atoms with van der Waals surface area (Å²) in [6.07, 6.45) is 0. The van der Waals surface area contributed by atoms with Crippen LogP contribution in [0.25, 0.3) is 0 Å². The first kappa shape index (κ1) is 21.7. The van der Waals surface area contributed by atoms with Crippen molar-refractivity contribution >= 4 is 23.3 Å². The normalized spacial score (nSPS) is 18.6. The Morgan fingerprint density at radius 2 is 0.857 bits per heavy atom. The van der Waals surface area contributed by atoms with E-state index in [-0.39, 0.29) is 0 Å². The zero-order chi connectivity index (χ0) is 17.7. The van der Waals surface area contributed by atoms with Crippen molar-refractivity contribution < 1.29 is 0 Å². The second kappa shape index (κ2) is 5.63. The number of hydrogen-bond donors (Lipinski definition) is 0. The zero-order valence-electron chi connectivity index (χ0n) is 17.7. The van der Waals surface area contributed by atoms with Gasteiger partial charge in [-0.15, -0.1) is 0 Å². The first-order valence-corrected chi connectivity index (χ1v) is 18.6. The van der Waals surface area contributed by atoms with Crippen molar-refractivity contribution in [3.8, 4) is 0 Å². The molecule has 3 heteroatoms. The van der Waals surface area contributed by atoms with Crippen molar-refractivity contribution in [3.05, 3.63) is 0 Å². The summed E-state index contributed by atoms with van der Waals surface area (Å²) in [6.45, 7) is 36.1. The van der Waals surface area contributed by atoms with E-state index in [9.17, 15) is 0 Å². The molecule has 0 aliphatic carbocycles. The van der Waals surface area contributed by atoms with Crippen LogP contribution in [-0.2, 0) is 0 Å². The second-order valence-corrected chi connectivity index (χ2v) is 34.4. The van der Waals surface area contributed by atoms with Crippen LogP contribution >= 0.6 is 0 Å². The van der Waals surface area contributed by atoms with Gasteiger partial charge in [0.15, 0.2) is 0 Å². The van der Waals surface area contributed by atoms with Crippen LogP contribution in [0.3, 0.4) is 0 Å². The summed E-state index contributed by atoms with van der Waals surface area (Å²) in [7, 11) is -3.91. The van der Waals surface area contributed by atoms with E-state index in [1.165, 1.54) is 0 Å². The zero-order valence-corrected chi connectivity index (χ0v) is 20.7. The van der Waals surface area contributed by atoms with Crippen LogP contribution < -0.4 is 0 Å². The topological polar surface area (TPSA) is 0 Å². The molecule has 0 spiro atoms. The van der Waals surface area contributed by atoms with Crippen LogP contribution in [0.4, 0.5) is 0 Å². The minimum atomic E-state index is -1.36. The lowest BCUT2D eigenvalue weighted by Crippen LogP contribution is -2.69. The van der Waals surface area contributed by atoms with E-state index in [2.05, 4.69) is 95.0 Å². The summed E-state index contributed by atoms with van der Waals surface area (Å²) in [4.78, 5) is 0. The molecule has 0 rings (SSSR count). The Kier molecular flexibility index (Phi) is 5.80. The Bertz CT molecular complexity index is 361. The van der Waals surface area contributed by atoms with Crippen molar-refractivity contribution in [2.75, 3.05) is 0 Å². The van der Waals surface area contributed by atoms with Crippen LogP contribution in [0.1, 0.15) is 62.3 Å². The Balaban J connectivity index is 6.07. The largest absolute Gasteiger partial charge is 0.0709 e. The van der Waals surface area contributed by atoms with E-state index in [1.807, 2.05) is 0 Å². The standard InChI is InChI=1S/C18H44Si3/c1-16(2,3)19(10,11)15-21(14,18(7,8)9)20(12,13)17(4,5)6/h15H2,1-14H3. The van der Waals surface area contributed by atoms with E-state index in [0.717, 1.165) is 0 Å². The predicted molar refractivity (Wildman–Crippen MR) is 111 cm³/mol. The Morgan fingerprint density at radius 3 is 1.05 bits per heavy atom. The molecule has 0 aliphatic heterocycles. The van der Waals surface area contributed by atoms with Gasteiger partial charge in [-0.3, -0.25) is 0 Å². The lowest BCUT2D eigenvalue weighted by molar-refractivity contribution is 0.691. The molecule has 0 amide bonds. The van der Waals surface area contributed by atoms with E-state index in [4.69, 9.17) is 0 Å². The van der Waals surface area contributed by atoms with Crippen LogP contribution in [-0.4, -0.2) is 23.3 Å². The van der Waals surface area contributed by atoms with Gasteiger partial charge in [-0.2, -0.15) is 0 Å². The quantitative estimate of drug-likeness (QED) is 0.465. The van der Waals surface area contributed by atoms with E-state index in [0.29, 0.717) is 15.1 Å². The molecular formula is C18H44Si3. The fraction of sp³-hybridized carbons (Fsp3) is 1.00. The van der Waals surface area contributed by atoms with Gasteiger partial charge in [0.25, 0.3) is 0 Å². The van der Waals surface area contributed by atoms with Crippen LogP contribution in [0.15, 0.2) is 0 Å². The molecule has 1 atom stereocenters. The number of hydrogen-bond acceptors (Lipinski definition) is 0. The summed E-state index contributed by atoms with van der Waals surface area (Å²) in [5.74, 6) is 0. The first-order chi connectivity index (χ1) is 8.71. The van der Waals surface area contributed by atoms with Crippen molar-refractivity contribution in [3.63, 3.8) is 0 Å². The monoisotopic (exact) mass is 344 g/mol.